The molecule has 6 rings (SSSR count). The van der Waals surface area contributed by atoms with Crippen LogP contribution in [0.15, 0.2) is 79.3 Å². The van der Waals surface area contributed by atoms with Crippen molar-refractivity contribution in [2.24, 2.45) is 0 Å². The zero-order valence-corrected chi connectivity index (χ0v) is 23.1. The molecule has 2 N–H and O–H groups in total. The Morgan fingerprint density at radius 2 is 1.77 bits per heavy atom. The van der Waals surface area contributed by atoms with E-state index >= 15 is 0 Å². The number of anilines is 1. The molecule has 0 saturated carbocycles. The van der Waals surface area contributed by atoms with Crippen LogP contribution in [0.25, 0.3) is 11.3 Å². The van der Waals surface area contributed by atoms with Crippen LogP contribution in [0.2, 0.25) is 0 Å². The van der Waals surface area contributed by atoms with Crippen molar-refractivity contribution >= 4 is 17.5 Å². The molecule has 40 heavy (non-hydrogen) atoms. The minimum atomic E-state index is -0.272. The van der Waals surface area contributed by atoms with Crippen LogP contribution in [0.3, 0.4) is 0 Å². The van der Waals surface area contributed by atoms with Gasteiger partial charge >= 0.3 is 6.03 Å². The smallest absolute Gasteiger partial charge is 0.320 e. The molecule has 3 heterocycles. The Morgan fingerprint density at radius 1 is 1.00 bits per heavy atom. The number of carbonyl (C=O) groups excluding carboxylic acids is 1. The van der Waals surface area contributed by atoms with Crippen molar-refractivity contribution in [1.29, 1.82) is 0 Å². The van der Waals surface area contributed by atoms with Gasteiger partial charge in [0.05, 0.1) is 23.6 Å². The van der Waals surface area contributed by atoms with E-state index < -0.39 is 0 Å². The fourth-order valence-corrected chi connectivity index (χ4v) is 5.09. The first-order valence-electron chi connectivity index (χ1n) is 13.5. The number of hydrogen-bond donors (Lipinski definition) is 2. The Kier molecular flexibility index (Phi) is 6.50. The highest BCUT2D eigenvalue weighted by Crippen LogP contribution is 2.39. The summed E-state index contributed by atoms with van der Waals surface area (Å²) >= 11 is 0. The maximum Gasteiger partial charge on any atom is 0.320 e. The van der Waals surface area contributed by atoms with Crippen LogP contribution in [0.4, 0.5) is 10.6 Å². The number of nitrogens with one attached hydrogen (secondary N) is 2. The number of urea groups is 1. The highest BCUT2D eigenvalue weighted by Gasteiger charge is 2.30. The number of benzene rings is 2. The summed E-state index contributed by atoms with van der Waals surface area (Å²) < 4.78 is 10.0. The molecule has 9 heteroatoms. The quantitative estimate of drug-likeness (QED) is 0.275. The molecule has 2 aromatic carbocycles. The SMILES string of the molecule is Cc1ccc(-n2nc(C(C)(C)C)cc2NC(=O)N[C@H]2CC[C@@H](Oc3ccc4nncn4c3)c3ccccc32)cc1. The number of ether oxygens (including phenoxy) is 1. The number of pyridine rings is 1. The molecule has 9 nitrogen and oxygen atoms in total. The summed E-state index contributed by atoms with van der Waals surface area (Å²) in [6, 6.07) is 21.6. The van der Waals surface area contributed by atoms with Crippen LogP contribution in [-0.4, -0.2) is 30.4 Å². The van der Waals surface area contributed by atoms with Crippen LogP contribution < -0.4 is 15.4 Å². The van der Waals surface area contributed by atoms with Gasteiger partial charge in [-0.05, 0) is 55.2 Å². The molecule has 0 spiro atoms. The second kappa shape index (κ2) is 10.1. The number of rotatable bonds is 5. The lowest BCUT2D eigenvalue weighted by Crippen LogP contribution is -2.36. The van der Waals surface area contributed by atoms with Gasteiger partial charge < -0.3 is 10.1 Å². The van der Waals surface area contributed by atoms with Crippen molar-refractivity contribution in [2.75, 3.05) is 5.32 Å². The lowest BCUT2D eigenvalue weighted by Gasteiger charge is -2.32. The van der Waals surface area contributed by atoms with Gasteiger partial charge in [-0.1, -0.05) is 62.7 Å². The van der Waals surface area contributed by atoms with Crippen molar-refractivity contribution in [3.05, 3.63) is 102 Å². The molecule has 0 radical (unpaired) electrons. The van der Waals surface area contributed by atoms with Crippen molar-refractivity contribution < 1.29 is 9.53 Å². The molecule has 204 valence electrons. The Morgan fingerprint density at radius 3 is 2.55 bits per heavy atom. The molecule has 1 aliphatic carbocycles. The van der Waals surface area contributed by atoms with E-state index in [1.807, 2.05) is 72.1 Å². The van der Waals surface area contributed by atoms with Gasteiger partial charge in [0, 0.05) is 11.5 Å². The summed E-state index contributed by atoms with van der Waals surface area (Å²) in [5.41, 5.74) is 5.69. The normalized spacial score (nSPS) is 16.9. The monoisotopic (exact) mass is 535 g/mol. The lowest BCUT2D eigenvalue weighted by molar-refractivity contribution is 0.171. The molecular formula is C31H33N7O2. The van der Waals surface area contributed by atoms with E-state index in [9.17, 15) is 4.79 Å². The number of aryl methyl sites for hydroxylation is 1. The van der Waals surface area contributed by atoms with Crippen LogP contribution >= 0.6 is 0 Å². The maximum absolute atomic E-state index is 13.3. The number of amides is 2. The number of hydrogen-bond acceptors (Lipinski definition) is 5. The van der Waals surface area contributed by atoms with E-state index in [0.29, 0.717) is 5.82 Å². The van der Waals surface area contributed by atoms with Crippen LogP contribution in [-0.2, 0) is 5.41 Å². The van der Waals surface area contributed by atoms with Gasteiger partial charge in [-0.15, -0.1) is 10.2 Å². The molecule has 0 bridgehead atoms. The predicted octanol–water partition coefficient (Wildman–Crippen LogP) is 6.30. The summed E-state index contributed by atoms with van der Waals surface area (Å²) in [4.78, 5) is 13.3. The number of nitrogens with zero attached hydrogens (tertiary/aromatic N) is 5. The number of aromatic nitrogens is 5. The second-order valence-corrected chi connectivity index (χ2v) is 11.3. The lowest BCUT2D eigenvalue weighted by atomic mass is 9.85. The summed E-state index contributed by atoms with van der Waals surface area (Å²) in [6.07, 6.45) is 4.93. The van der Waals surface area contributed by atoms with E-state index in [-0.39, 0.29) is 23.6 Å². The fourth-order valence-electron chi connectivity index (χ4n) is 5.09. The van der Waals surface area contributed by atoms with Crippen molar-refractivity contribution in [3.63, 3.8) is 0 Å². The molecule has 0 unspecified atom stereocenters. The maximum atomic E-state index is 13.3. The van der Waals surface area contributed by atoms with Gasteiger partial charge in [0.15, 0.2) is 5.65 Å². The van der Waals surface area contributed by atoms with Gasteiger partial charge in [0.2, 0.25) is 0 Å². The highest BCUT2D eigenvalue weighted by atomic mass is 16.5. The summed E-state index contributed by atoms with van der Waals surface area (Å²) in [7, 11) is 0. The largest absolute Gasteiger partial charge is 0.484 e. The third-order valence-electron chi connectivity index (χ3n) is 7.28. The summed E-state index contributed by atoms with van der Waals surface area (Å²) in [5, 5.41) is 19.1. The Bertz CT molecular complexity index is 1660. The molecular weight excluding hydrogens is 502 g/mol. The molecule has 0 saturated heterocycles. The number of fused-ring (bicyclic) bond motifs is 2. The zero-order chi connectivity index (χ0) is 27.9. The third kappa shape index (κ3) is 5.14. The van der Waals surface area contributed by atoms with Crippen LogP contribution in [0, 0.1) is 6.92 Å². The average Bonchev–Trinajstić information content (AvgIpc) is 3.57. The van der Waals surface area contributed by atoms with Crippen molar-refractivity contribution in [2.45, 2.75) is 58.1 Å². The zero-order valence-electron chi connectivity index (χ0n) is 23.1. The Balaban J connectivity index is 1.21. The molecule has 2 amide bonds. The summed E-state index contributed by atoms with van der Waals surface area (Å²) in [6.45, 7) is 8.38. The van der Waals surface area contributed by atoms with Gasteiger partial charge in [-0.25, -0.2) is 9.48 Å². The van der Waals surface area contributed by atoms with Crippen LogP contribution in [0.5, 0.6) is 5.75 Å². The van der Waals surface area contributed by atoms with E-state index in [4.69, 9.17) is 9.84 Å². The molecule has 0 aliphatic heterocycles. The van der Waals surface area contributed by atoms with Gasteiger partial charge in [-0.2, -0.15) is 5.10 Å². The van der Waals surface area contributed by atoms with E-state index in [0.717, 1.165) is 52.3 Å². The number of carbonyl (C=O) groups is 1. The highest BCUT2D eigenvalue weighted by molar-refractivity contribution is 5.89. The average molecular weight is 536 g/mol. The molecule has 0 fully saturated rings. The van der Waals surface area contributed by atoms with Crippen molar-refractivity contribution in [1.82, 2.24) is 29.7 Å². The van der Waals surface area contributed by atoms with Crippen molar-refractivity contribution in [3.8, 4) is 11.4 Å². The minimum Gasteiger partial charge on any atom is -0.484 e. The van der Waals surface area contributed by atoms with Gasteiger partial charge in [-0.3, -0.25) is 9.72 Å². The van der Waals surface area contributed by atoms with Gasteiger partial charge in [0.1, 0.15) is 24.0 Å². The first-order chi connectivity index (χ1) is 19.2. The predicted molar refractivity (Wildman–Crippen MR) is 154 cm³/mol. The first-order valence-corrected chi connectivity index (χ1v) is 13.5. The Hall–Kier alpha value is -4.66. The molecule has 2 atom stereocenters. The van der Waals surface area contributed by atoms with Crippen LogP contribution in [0.1, 0.15) is 68.1 Å². The van der Waals surface area contributed by atoms with Gasteiger partial charge in [0.25, 0.3) is 0 Å². The molecule has 5 aromatic rings. The molecule has 3 aromatic heterocycles. The standard InChI is InChI=1S/C31H33N7O2/c1-20-9-11-21(12-10-20)38-29(17-27(36-38)31(2,3)4)34-30(39)33-25-14-15-26(24-8-6-5-7-23(24)25)40-22-13-16-28-35-32-19-37(28)18-22/h5-13,16-19,25-26H,14-15H2,1-4H3,(H2,33,34,39)/t25-,26+/m0/s1. The van der Waals surface area contributed by atoms with E-state index in [1.54, 1.807) is 11.0 Å². The Labute approximate surface area is 233 Å². The first kappa shape index (κ1) is 25.6. The molecule has 1 aliphatic rings. The topological polar surface area (TPSA) is 98.4 Å². The third-order valence-corrected chi connectivity index (χ3v) is 7.28. The van der Waals surface area contributed by atoms with E-state index in [2.05, 4.69) is 53.7 Å². The second-order valence-electron chi connectivity index (χ2n) is 11.3. The van der Waals surface area contributed by atoms with E-state index in [1.165, 1.54) is 0 Å². The summed E-state index contributed by atoms with van der Waals surface area (Å²) in [5.74, 6) is 1.37. The fraction of sp³-hybridized carbons (Fsp3) is 0.290. The minimum absolute atomic E-state index is 0.122.